The van der Waals surface area contributed by atoms with Gasteiger partial charge in [-0.15, -0.1) is 11.3 Å². The summed E-state index contributed by atoms with van der Waals surface area (Å²) in [6.07, 6.45) is 4.86. The van der Waals surface area contributed by atoms with E-state index in [9.17, 15) is 0 Å². The van der Waals surface area contributed by atoms with Gasteiger partial charge < -0.3 is 9.88 Å². The van der Waals surface area contributed by atoms with E-state index >= 15 is 0 Å². The third kappa shape index (κ3) is 3.22. The Morgan fingerprint density at radius 2 is 2.33 bits per heavy atom. The van der Waals surface area contributed by atoms with Crippen molar-refractivity contribution in [2.45, 2.75) is 32.9 Å². The van der Waals surface area contributed by atoms with Gasteiger partial charge in [0.15, 0.2) is 0 Å². The Morgan fingerprint density at radius 1 is 1.50 bits per heavy atom. The Balaban J connectivity index is 2.16. The molecule has 0 fully saturated rings. The topological polar surface area (TPSA) is 29.9 Å². The molecule has 5 heteroatoms. The molecule has 18 heavy (non-hydrogen) atoms. The molecule has 1 atom stereocenters. The maximum absolute atomic E-state index is 4.46. The number of hydrogen-bond donors (Lipinski definition) is 1. The summed E-state index contributed by atoms with van der Waals surface area (Å²) in [6.45, 7) is 6.23. The molecule has 0 aliphatic carbocycles. The number of likely N-dealkylation sites (N-methyl/N-ethyl adjacent to an activating group) is 1. The number of imidazole rings is 1. The van der Waals surface area contributed by atoms with Crippen molar-refractivity contribution in [3.8, 4) is 0 Å². The van der Waals surface area contributed by atoms with Gasteiger partial charge in [-0.05, 0) is 35.5 Å². The van der Waals surface area contributed by atoms with E-state index in [1.807, 2.05) is 12.4 Å². The van der Waals surface area contributed by atoms with Gasteiger partial charge in [-0.25, -0.2) is 4.98 Å². The van der Waals surface area contributed by atoms with Crippen LogP contribution >= 0.6 is 27.3 Å². The summed E-state index contributed by atoms with van der Waals surface area (Å²) in [6, 6.07) is 2.54. The standard InChI is InChI=1S/C13H18BrN3S/c1-3-15-11(12-7-10(14)9-18-12)8-13-16-5-6-17(13)4-2/h5-7,9,11,15H,3-4,8H2,1-2H3. The number of aryl methyl sites for hydroxylation is 1. The van der Waals surface area contributed by atoms with Crippen LogP contribution in [0.1, 0.15) is 30.6 Å². The first kappa shape index (κ1) is 13.8. The van der Waals surface area contributed by atoms with Crippen LogP contribution in [0.25, 0.3) is 0 Å². The summed E-state index contributed by atoms with van der Waals surface area (Å²) in [7, 11) is 0. The number of halogens is 1. The van der Waals surface area contributed by atoms with Gasteiger partial charge in [0.05, 0.1) is 0 Å². The van der Waals surface area contributed by atoms with Crippen LogP contribution in [0.2, 0.25) is 0 Å². The summed E-state index contributed by atoms with van der Waals surface area (Å²) in [5.41, 5.74) is 0. The smallest absolute Gasteiger partial charge is 0.110 e. The SMILES string of the molecule is CCNC(Cc1nccn1CC)c1cc(Br)cs1. The van der Waals surface area contributed by atoms with Crippen molar-refractivity contribution in [1.82, 2.24) is 14.9 Å². The van der Waals surface area contributed by atoms with E-state index in [2.05, 4.69) is 56.1 Å². The lowest BCUT2D eigenvalue weighted by Gasteiger charge is -2.16. The molecule has 2 rings (SSSR count). The summed E-state index contributed by atoms with van der Waals surface area (Å²) < 4.78 is 3.36. The summed E-state index contributed by atoms with van der Waals surface area (Å²) in [4.78, 5) is 5.81. The van der Waals surface area contributed by atoms with Crippen LogP contribution in [-0.4, -0.2) is 16.1 Å². The molecule has 0 aliphatic rings. The minimum absolute atomic E-state index is 0.346. The Bertz CT molecular complexity index is 492. The molecule has 2 aromatic rings. The fourth-order valence-electron chi connectivity index (χ4n) is 2.03. The number of aromatic nitrogens is 2. The molecule has 0 aromatic carbocycles. The van der Waals surface area contributed by atoms with Crippen molar-refractivity contribution < 1.29 is 0 Å². The average molecular weight is 328 g/mol. The molecule has 0 aliphatic heterocycles. The molecule has 0 bridgehead atoms. The average Bonchev–Trinajstić information content (AvgIpc) is 2.97. The Labute approximate surface area is 120 Å². The highest BCUT2D eigenvalue weighted by atomic mass is 79.9. The van der Waals surface area contributed by atoms with Gasteiger partial charge in [0, 0.05) is 46.1 Å². The van der Waals surface area contributed by atoms with Crippen LogP contribution < -0.4 is 5.32 Å². The van der Waals surface area contributed by atoms with Crippen molar-refractivity contribution in [3.63, 3.8) is 0 Å². The minimum Gasteiger partial charge on any atom is -0.335 e. The van der Waals surface area contributed by atoms with Gasteiger partial charge in [0.2, 0.25) is 0 Å². The maximum atomic E-state index is 4.46. The third-order valence-corrected chi connectivity index (χ3v) is 4.72. The van der Waals surface area contributed by atoms with Gasteiger partial charge in [-0.2, -0.15) is 0 Å². The lowest BCUT2D eigenvalue weighted by molar-refractivity contribution is 0.529. The van der Waals surface area contributed by atoms with Gasteiger partial charge in [0.25, 0.3) is 0 Å². The van der Waals surface area contributed by atoms with E-state index in [4.69, 9.17) is 0 Å². The number of thiophene rings is 1. The predicted octanol–water partition coefficient (Wildman–Crippen LogP) is 3.62. The molecule has 0 radical (unpaired) electrons. The fourth-order valence-corrected chi connectivity index (χ4v) is 3.55. The van der Waals surface area contributed by atoms with Gasteiger partial charge >= 0.3 is 0 Å². The highest BCUT2D eigenvalue weighted by Crippen LogP contribution is 2.27. The zero-order valence-electron chi connectivity index (χ0n) is 10.7. The van der Waals surface area contributed by atoms with Crippen LogP contribution in [0.4, 0.5) is 0 Å². The summed E-state index contributed by atoms with van der Waals surface area (Å²) >= 11 is 5.31. The predicted molar refractivity (Wildman–Crippen MR) is 80.0 cm³/mol. The van der Waals surface area contributed by atoms with E-state index in [1.165, 1.54) is 4.88 Å². The third-order valence-electron chi connectivity index (χ3n) is 2.91. The Kier molecular flexibility index (Phi) is 4.97. The molecular weight excluding hydrogens is 310 g/mol. The van der Waals surface area contributed by atoms with Crippen molar-refractivity contribution in [3.05, 3.63) is 39.0 Å². The second kappa shape index (κ2) is 6.50. The van der Waals surface area contributed by atoms with Crippen LogP contribution in [0.3, 0.4) is 0 Å². The number of nitrogens with zero attached hydrogens (tertiary/aromatic N) is 2. The molecule has 0 saturated carbocycles. The van der Waals surface area contributed by atoms with Crippen LogP contribution in [0.15, 0.2) is 28.3 Å². The number of hydrogen-bond acceptors (Lipinski definition) is 3. The van der Waals surface area contributed by atoms with Crippen molar-refractivity contribution in [2.75, 3.05) is 6.54 Å². The van der Waals surface area contributed by atoms with E-state index in [1.54, 1.807) is 11.3 Å². The van der Waals surface area contributed by atoms with E-state index in [0.29, 0.717) is 6.04 Å². The second-order valence-corrected chi connectivity index (χ2v) is 5.97. The highest BCUT2D eigenvalue weighted by Gasteiger charge is 2.15. The summed E-state index contributed by atoms with van der Waals surface area (Å²) in [5.74, 6) is 1.15. The van der Waals surface area contributed by atoms with Crippen molar-refractivity contribution in [2.24, 2.45) is 0 Å². The normalized spacial score (nSPS) is 12.8. The van der Waals surface area contributed by atoms with E-state index < -0.39 is 0 Å². The van der Waals surface area contributed by atoms with Gasteiger partial charge in [-0.1, -0.05) is 6.92 Å². The highest BCUT2D eigenvalue weighted by molar-refractivity contribution is 9.10. The Morgan fingerprint density at radius 3 is 2.94 bits per heavy atom. The second-order valence-electron chi connectivity index (χ2n) is 4.11. The molecular formula is C13H18BrN3S. The summed E-state index contributed by atoms with van der Waals surface area (Å²) in [5, 5.41) is 5.67. The lowest BCUT2D eigenvalue weighted by atomic mass is 10.1. The zero-order chi connectivity index (χ0) is 13.0. The lowest BCUT2D eigenvalue weighted by Crippen LogP contribution is -2.23. The van der Waals surface area contributed by atoms with E-state index in [-0.39, 0.29) is 0 Å². The van der Waals surface area contributed by atoms with Crippen molar-refractivity contribution >= 4 is 27.3 Å². The molecule has 0 amide bonds. The van der Waals surface area contributed by atoms with Gasteiger partial charge in [-0.3, -0.25) is 0 Å². The Hall–Kier alpha value is -0.650. The van der Waals surface area contributed by atoms with Crippen molar-refractivity contribution in [1.29, 1.82) is 0 Å². The first-order valence-corrected chi connectivity index (χ1v) is 7.89. The van der Waals surface area contributed by atoms with Gasteiger partial charge in [0.1, 0.15) is 5.82 Å². The molecule has 2 heterocycles. The first-order valence-electron chi connectivity index (χ1n) is 6.21. The zero-order valence-corrected chi connectivity index (χ0v) is 13.1. The largest absolute Gasteiger partial charge is 0.335 e. The fraction of sp³-hybridized carbons (Fsp3) is 0.462. The number of rotatable bonds is 6. The molecule has 98 valence electrons. The van der Waals surface area contributed by atoms with Crippen LogP contribution in [0, 0.1) is 0 Å². The maximum Gasteiger partial charge on any atom is 0.110 e. The monoisotopic (exact) mass is 327 g/mol. The molecule has 3 nitrogen and oxygen atoms in total. The van der Waals surface area contributed by atoms with E-state index in [0.717, 1.165) is 29.8 Å². The quantitative estimate of drug-likeness (QED) is 0.878. The molecule has 0 saturated heterocycles. The molecule has 1 unspecified atom stereocenters. The van der Waals surface area contributed by atoms with Crippen LogP contribution in [-0.2, 0) is 13.0 Å². The minimum atomic E-state index is 0.346. The molecule has 2 aromatic heterocycles. The molecule has 1 N–H and O–H groups in total. The van der Waals surface area contributed by atoms with Crippen LogP contribution in [0.5, 0.6) is 0 Å². The first-order chi connectivity index (χ1) is 8.74. The molecule has 0 spiro atoms. The number of nitrogens with one attached hydrogen (secondary N) is 1.